The van der Waals surface area contributed by atoms with E-state index >= 15 is 0 Å². The van der Waals surface area contributed by atoms with Gasteiger partial charge in [-0.2, -0.15) is 0 Å². The summed E-state index contributed by atoms with van der Waals surface area (Å²) in [6.45, 7) is 7.60. The topological polar surface area (TPSA) is 49.8 Å². The zero-order chi connectivity index (χ0) is 11.4. The number of ether oxygens (including phenoxy) is 1. The van der Waals surface area contributed by atoms with Crippen molar-refractivity contribution in [2.45, 2.75) is 58.4 Å². The fourth-order valence-corrected chi connectivity index (χ4v) is 2.32. The first-order chi connectivity index (χ1) is 6.73. The molecule has 1 amide bonds. The highest BCUT2D eigenvalue weighted by atomic mass is 16.6. The maximum Gasteiger partial charge on any atom is 0.412 e. The Balaban J connectivity index is 2.03. The molecule has 86 valence electrons. The lowest BCUT2D eigenvalue weighted by Gasteiger charge is -2.27. The molecular formula is C11H19NO3. The first-order valence-electron chi connectivity index (χ1n) is 5.42. The van der Waals surface area contributed by atoms with E-state index in [0.717, 1.165) is 6.42 Å². The second-order valence-corrected chi connectivity index (χ2v) is 5.95. The summed E-state index contributed by atoms with van der Waals surface area (Å²) in [4.78, 5) is 13.3. The largest absolute Gasteiger partial charge is 0.444 e. The van der Waals surface area contributed by atoms with E-state index in [4.69, 9.17) is 4.74 Å². The minimum absolute atomic E-state index is 0.135. The number of carbonyl (C=O) groups excluding carboxylic acids is 1. The summed E-state index contributed by atoms with van der Waals surface area (Å²) >= 11 is 0. The summed E-state index contributed by atoms with van der Waals surface area (Å²) in [6.07, 6.45) is 0.616. The first kappa shape index (κ1) is 10.7. The maximum atomic E-state index is 11.8. The van der Waals surface area contributed by atoms with Gasteiger partial charge in [0.25, 0.3) is 0 Å². The van der Waals surface area contributed by atoms with Crippen LogP contribution in [0.4, 0.5) is 4.79 Å². The van der Waals surface area contributed by atoms with Crippen molar-refractivity contribution in [1.82, 2.24) is 4.90 Å². The molecule has 1 aliphatic heterocycles. The Hall–Kier alpha value is -0.770. The highest BCUT2D eigenvalue weighted by Gasteiger charge is 2.63. The van der Waals surface area contributed by atoms with Gasteiger partial charge in [-0.15, -0.1) is 0 Å². The highest BCUT2D eigenvalue weighted by Crippen LogP contribution is 2.58. The van der Waals surface area contributed by atoms with Gasteiger partial charge in [-0.1, -0.05) is 6.92 Å². The van der Waals surface area contributed by atoms with Gasteiger partial charge in [0.15, 0.2) is 0 Å². The fourth-order valence-electron chi connectivity index (χ4n) is 2.32. The van der Waals surface area contributed by atoms with E-state index in [1.807, 2.05) is 20.8 Å². The third-order valence-corrected chi connectivity index (χ3v) is 3.21. The van der Waals surface area contributed by atoms with Gasteiger partial charge in [-0.3, -0.25) is 4.90 Å². The molecule has 0 radical (unpaired) electrons. The molecule has 15 heavy (non-hydrogen) atoms. The Morgan fingerprint density at radius 3 is 2.47 bits per heavy atom. The monoisotopic (exact) mass is 213 g/mol. The van der Waals surface area contributed by atoms with Crippen molar-refractivity contribution in [3.63, 3.8) is 0 Å². The second kappa shape index (κ2) is 2.88. The van der Waals surface area contributed by atoms with Crippen molar-refractivity contribution < 1.29 is 14.6 Å². The van der Waals surface area contributed by atoms with Crippen LogP contribution in [0.3, 0.4) is 0 Å². The summed E-state index contributed by atoms with van der Waals surface area (Å²) < 4.78 is 5.26. The van der Waals surface area contributed by atoms with Crippen LogP contribution in [0.2, 0.25) is 0 Å². The van der Waals surface area contributed by atoms with E-state index in [-0.39, 0.29) is 17.6 Å². The number of hydrogen-bond donors (Lipinski definition) is 1. The number of nitrogens with zero attached hydrogens (tertiary/aromatic N) is 1. The van der Waals surface area contributed by atoms with Gasteiger partial charge in [0.1, 0.15) is 11.8 Å². The third-order valence-electron chi connectivity index (χ3n) is 3.21. The number of carbonyl (C=O) groups is 1. The molecule has 0 spiro atoms. The van der Waals surface area contributed by atoms with Crippen LogP contribution in [0.5, 0.6) is 0 Å². The second-order valence-electron chi connectivity index (χ2n) is 5.95. The molecule has 2 aliphatic rings. The van der Waals surface area contributed by atoms with Crippen molar-refractivity contribution in [2.75, 3.05) is 0 Å². The molecule has 1 unspecified atom stereocenters. The van der Waals surface area contributed by atoms with Gasteiger partial charge in [0.2, 0.25) is 0 Å². The molecule has 1 aliphatic carbocycles. The van der Waals surface area contributed by atoms with Crippen LogP contribution in [0.15, 0.2) is 0 Å². The van der Waals surface area contributed by atoms with Crippen LogP contribution in [-0.2, 0) is 4.74 Å². The lowest BCUT2D eigenvalue weighted by Crippen LogP contribution is -2.41. The molecule has 4 nitrogen and oxygen atoms in total. The van der Waals surface area contributed by atoms with E-state index < -0.39 is 11.8 Å². The Labute approximate surface area is 90.2 Å². The van der Waals surface area contributed by atoms with Gasteiger partial charge >= 0.3 is 6.09 Å². The normalized spacial score (nSPS) is 38.9. The van der Waals surface area contributed by atoms with Crippen LogP contribution >= 0.6 is 0 Å². The molecule has 1 heterocycles. The lowest BCUT2D eigenvalue weighted by molar-refractivity contribution is -0.0224. The zero-order valence-corrected chi connectivity index (χ0v) is 9.78. The van der Waals surface area contributed by atoms with Crippen LogP contribution in [0.25, 0.3) is 0 Å². The van der Waals surface area contributed by atoms with Gasteiger partial charge in [0.05, 0.1) is 0 Å². The van der Waals surface area contributed by atoms with Crippen molar-refractivity contribution in [1.29, 1.82) is 0 Å². The van der Waals surface area contributed by atoms with E-state index in [2.05, 4.69) is 6.92 Å². The van der Waals surface area contributed by atoms with Gasteiger partial charge < -0.3 is 9.84 Å². The van der Waals surface area contributed by atoms with Gasteiger partial charge in [-0.05, 0) is 39.0 Å². The molecule has 4 heteroatoms. The zero-order valence-electron chi connectivity index (χ0n) is 9.78. The first-order valence-corrected chi connectivity index (χ1v) is 5.42. The summed E-state index contributed by atoms with van der Waals surface area (Å²) in [7, 11) is 0. The van der Waals surface area contributed by atoms with E-state index in [9.17, 15) is 9.90 Å². The summed E-state index contributed by atoms with van der Waals surface area (Å²) in [5, 5.41) is 9.75. The lowest BCUT2D eigenvalue weighted by atomic mass is 10.1. The average molecular weight is 213 g/mol. The Kier molecular flexibility index (Phi) is 2.06. The maximum absolute atomic E-state index is 11.8. The minimum Gasteiger partial charge on any atom is -0.444 e. The van der Waals surface area contributed by atoms with Crippen LogP contribution in [0.1, 0.15) is 40.5 Å². The molecule has 0 aromatic heterocycles. The van der Waals surface area contributed by atoms with Crippen molar-refractivity contribution in [3.8, 4) is 0 Å². The molecule has 2 fully saturated rings. The molecule has 3 atom stereocenters. The third kappa shape index (κ3) is 1.83. The molecule has 1 saturated carbocycles. The Morgan fingerprint density at radius 1 is 1.47 bits per heavy atom. The van der Waals surface area contributed by atoms with Crippen LogP contribution in [0, 0.1) is 5.41 Å². The van der Waals surface area contributed by atoms with E-state index in [1.54, 1.807) is 0 Å². The molecule has 1 saturated heterocycles. The van der Waals surface area contributed by atoms with Crippen molar-refractivity contribution in [2.24, 2.45) is 5.41 Å². The average Bonchev–Trinajstić information content (AvgIpc) is 2.49. The molecule has 0 aromatic carbocycles. The molecule has 0 aromatic rings. The molecule has 1 N–H and O–H groups in total. The predicted octanol–water partition coefficient (Wildman–Crippen LogP) is 1.72. The smallest absolute Gasteiger partial charge is 0.412 e. The Bertz CT molecular complexity index is 297. The number of hydrogen-bond acceptors (Lipinski definition) is 3. The van der Waals surface area contributed by atoms with Crippen molar-refractivity contribution in [3.05, 3.63) is 0 Å². The van der Waals surface area contributed by atoms with Gasteiger partial charge in [0, 0.05) is 6.04 Å². The number of likely N-dealkylation sites (tertiary alicyclic amines) is 1. The summed E-state index contributed by atoms with van der Waals surface area (Å²) in [5.74, 6) is 0. The number of amides is 1. The highest BCUT2D eigenvalue weighted by molar-refractivity contribution is 5.70. The van der Waals surface area contributed by atoms with E-state index in [1.165, 1.54) is 4.90 Å². The fraction of sp³-hybridized carbons (Fsp3) is 0.909. The van der Waals surface area contributed by atoms with Crippen LogP contribution in [-0.4, -0.2) is 34.0 Å². The molecule has 0 bridgehead atoms. The number of piperidine rings is 1. The van der Waals surface area contributed by atoms with Crippen molar-refractivity contribution >= 4 is 6.09 Å². The quantitative estimate of drug-likeness (QED) is 0.666. The van der Waals surface area contributed by atoms with Gasteiger partial charge in [-0.25, -0.2) is 4.79 Å². The summed E-state index contributed by atoms with van der Waals surface area (Å²) in [6, 6.07) is 0.183. The molecular weight excluding hydrogens is 194 g/mol. The number of rotatable bonds is 0. The SMILES string of the molecule is CC(C)(C)OC(=O)N1C(O)C[C@@]2(C)C[C@@H]12. The number of aliphatic hydroxyl groups excluding tert-OH is 1. The molecule has 2 rings (SSSR count). The standard InChI is InChI=1S/C11H19NO3/c1-10(2,3)15-9(14)12-7-5-11(7,4)6-8(12)13/h7-8,13H,5-6H2,1-4H3/t7-,8?,11-/m1/s1. The Morgan fingerprint density at radius 2 is 2.07 bits per heavy atom. The number of aliphatic hydroxyl groups is 1. The predicted molar refractivity (Wildman–Crippen MR) is 55.2 cm³/mol. The van der Waals surface area contributed by atoms with E-state index in [0.29, 0.717) is 6.42 Å². The number of fused-ring (bicyclic) bond motifs is 1. The van der Waals surface area contributed by atoms with Crippen LogP contribution < -0.4 is 0 Å². The minimum atomic E-state index is -0.663. The summed E-state index contributed by atoms with van der Waals surface area (Å²) in [5.41, 5.74) is -0.360.